The van der Waals surface area contributed by atoms with Crippen LogP contribution in [0.25, 0.3) is 22.6 Å². The molecule has 0 saturated carbocycles. The summed E-state index contributed by atoms with van der Waals surface area (Å²) in [5.41, 5.74) is 3.48. The normalized spacial score (nSPS) is 10.4. The zero-order valence-corrected chi connectivity index (χ0v) is 10.9. The molecule has 3 aromatic rings. The molecule has 3 aromatic heterocycles. The first-order chi connectivity index (χ1) is 9.77. The van der Waals surface area contributed by atoms with Gasteiger partial charge in [0.1, 0.15) is 0 Å². The molecule has 0 atom stereocenters. The zero-order chi connectivity index (χ0) is 13.9. The van der Waals surface area contributed by atoms with Crippen molar-refractivity contribution in [3.05, 3.63) is 54.7 Å². The molecule has 0 amide bonds. The van der Waals surface area contributed by atoms with Gasteiger partial charge in [0, 0.05) is 23.5 Å². The van der Waals surface area contributed by atoms with E-state index in [1.54, 1.807) is 31.0 Å². The molecule has 98 valence electrons. The van der Waals surface area contributed by atoms with Crippen LogP contribution in [-0.4, -0.2) is 25.7 Å². The summed E-state index contributed by atoms with van der Waals surface area (Å²) >= 11 is 0. The second-order valence-corrected chi connectivity index (χ2v) is 4.32. The standard InChI is InChI=1S/C15H12N4O/c1-10(20)11-5-7-18-15(12-4-2-3-6-17-12)14(11)13-8-16-9-19-13/h2-9H,1H3,(H,16,19). The van der Waals surface area contributed by atoms with Gasteiger partial charge in [0.25, 0.3) is 0 Å². The number of hydrogen-bond acceptors (Lipinski definition) is 4. The Morgan fingerprint density at radius 1 is 1.15 bits per heavy atom. The third-order valence-corrected chi connectivity index (χ3v) is 3.01. The zero-order valence-electron chi connectivity index (χ0n) is 10.9. The van der Waals surface area contributed by atoms with Gasteiger partial charge in [-0.15, -0.1) is 0 Å². The number of carbonyl (C=O) groups is 1. The number of pyridine rings is 2. The molecule has 3 rings (SSSR count). The van der Waals surface area contributed by atoms with Crippen LogP contribution in [0.1, 0.15) is 17.3 Å². The van der Waals surface area contributed by atoms with Crippen LogP contribution in [0, 0.1) is 0 Å². The largest absolute Gasteiger partial charge is 0.345 e. The molecule has 0 unspecified atom stereocenters. The molecule has 0 bridgehead atoms. The van der Waals surface area contributed by atoms with Crippen molar-refractivity contribution in [3.8, 4) is 22.6 Å². The molecule has 1 N–H and O–H groups in total. The second-order valence-electron chi connectivity index (χ2n) is 4.32. The third kappa shape index (κ3) is 2.09. The highest BCUT2D eigenvalue weighted by Crippen LogP contribution is 2.31. The van der Waals surface area contributed by atoms with E-state index in [4.69, 9.17) is 0 Å². The van der Waals surface area contributed by atoms with Crippen molar-refractivity contribution in [1.29, 1.82) is 0 Å². The lowest BCUT2D eigenvalue weighted by molar-refractivity contribution is 0.101. The van der Waals surface area contributed by atoms with Gasteiger partial charge in [-0.25, -0.2) is 4.98 Å². The number of aromatic nitrogens is 4. The molecule has 0 spiro atoms. The van der Waals surface area contributed by atoms with Crippen molar-refractivity contribution in [2.75, 3.05) is 0 Å². The highest BCUT2D eigenvalue weighted by atomic mass is 16.1. The average Bonchev–Trinajstić information content (AvgIpc) is 3.01. The van der Waals surface area contributed by atoms with Crippen LogP contribution in [0.2, 0.25) is 0 Å². The molecule has 5 heteroatoms. The van der Waals surface area contributed by atoms with E-state index >= 15 is 0 Å². The van der Waals surface area contributed by atoms with Gasteiger partial charge in [-0.1, -0.05) is 6.07 Å². The van der Waals surface area contributed by atoms with Gasteiger partial charge in [-0.2, -0.15) is 0 Å². The summed E-state index contributed by atoms with van der Waals surface area (Å²) < 4.78 is 0. The smallest absolute Gasteiger partial charge is 0.160 e. The van der Waals surface area contributed by atoms with Gasteiger partial charge < -0.3 is 4.98 Å². The highest BCUT2D eigenvalue weighted by Gasteiger charge is 2.17. The molecule has 0 aromatic carbocycles. The predicted molar refractivity (Wildman–Crippen MR) is 75.1 cm³/mol. The van der Waals surface area contributed by atoms with Crippen molar-refractivity contribution in [3.63, 3.8) is 0 Å². The molecular formula is C15H12N4O. The third-order valence-electron chi connectivity index (χ3n) is 3.01. The predicted octanol–water partition coefficient (Wildman–Crippen LogP) is 2.74. The summed E-state index contributed by atoms with van der Waals surface area (Å²) in [5.74, 6) is -0.0193. The Hall–Kier alpha value is -2.82. The first-order valence-electron chi connectivity index (χ1n) is 6.17. The van der Waals surface area contributed by atoms with Crippen molar-refractivity contribution in [2.45, 2.75) is 6.92 Å². The monoisotopic (exact) mass is 264 g/mol. The van der Waals surface area contributed by atoms with Crippen LogP contribution in [0.15, 0.2) is 49.2 Å². The number of hydrogen-bond donors (Lipinski definition) is 1. The SMILES string of the molecule is CC(=O)c1ccnc(-c2ccccn2)c1-c1cnc[nH]1. The topological polar surface area (TPSA) is 71.5 Å². The first-order valence-corrected chi connectivity index (χ1v) is 6.17. The van der Waals surface area contributed by atoms with Crippen LogP contribution in [0.3, 0.4) is 0 Å². The lowest BCUT2D eigenvalue weighted by Crippen LogP contribution is -2.01. The van der Waals surface area contributed by atoms with Crippen molar-refractivity contribution < 1.29 is 4.79 Å². The molecule has 20 heavy (non-hydrogen) atoms. The van der Waals surface area contributed by atoms with Crippen LogP contribution in [-0.2, 0) is 0 Å². The average molecular weight is 264 g/mol. The Morgan fingerprint density at radius 2 is 2.05 bits per heavy atom. The molecule has 0 fully saturated rings. The first kappa shape index (κ1) is 12.2. The fourth-order valence-corrected chi connectivity index (χ4v) is 2.12. The van der Waals surface area contributed by atoms with Gasteiger partial charge in [0.2, 0.25) is 0 Å². The second kappa shape index (κ2) is 5.05. The maximum Gasteiger partial charge on any atom is 0.160 e. The number of ketones is 1. The summed E-state index contributed by atoms with van der Waals surface area (Å²) in [7, 11) is 0. The molecule has 0 radical (unpaired) electrons. The number of Topliss-reactive ketones (excluding diaryl/α,β-unsaturated/α-hetero) is 1. The van der Waals surface area contributed by atoms with E-state index in [9.17, 15) is 4.79 Å². The van der Waals surface area contributed by atoms with Gasteiger partial charge >= 0.3 is 0 Å². The highest BCUT2D eigenvalue weighted by molar-refractivity contribution is 6.03. The summed E-state index contributed by atoms with van der Waals surface area (Å²) in [6, 6.07) is 7.31. The number of aromatic amines is 1. The Kier molecular flexibility index (Phi) is 3.09. The lowest BCUT2D eigenvalue weighted by Gasteiger charge is -2.10. The minimum atomic E-state index is -0.0193. The number of H-pyrrole nitrogens is 1. The molecule has 5 nitrogen and oxygen atoms in total. The number of rotatable bonds is 3. The summed E-state index contributed by atoms with van der Waals surface area (Å²) in [6.07, 6.45) is 6.58. The minimum Gasteiger partial charge on any atom is -0.345 e. The Balaban J connectivity index is 2.30. The van der Waals surface area contributed by atoms with Crippen molar-refractivity contribution in [1.82, 2.24) is 19.9 Å². The number of nitrogens with one attached hydrogen (secondary N) is 1. The van der Waals surface area contributed by atoms with E-state index in [1.807, 2.05) is 18.2 Å². The van der Waals surface area contributed by atoms with Crippen LogP contribution in [0.4, 0.5) is 0 Å². The Bertz CT molecular complexity index is 736. The van der Waals surface area contributed by atoms with E-state index in [-0.39, 0.29) is 5.78 Å². The Labute approximate surface area is 115 Å². The lowest BCUT2D eigenvalue weighted by atomic mass is 9.99. The number of carbonyl (C=O) groups excluding carboxylic acids is 1. The quantitative estimate of drug-likeness (QED) is 0.738. The van der Waals surface area contributed by atoms with Gasteiger partial charge in [-0.05, 0) is 25.1 Å². The van der Waals surface area contributed by atoms with E-state index in [0.717, 1.165) is 17.0 Å². The molecule has 3 heterocycles. The maximum absolute atomic E-state index is 11.9. The minimum absolute atomic E-state index is 0.0193. The van der Waals surface area contributed by atoms with E-state index in [1.165, 1.54) is 6.92 Å². The van der Waals surface area contributed by atoms with Gasteiger partial charge in [-0.3, -0.25) is 14.8 Å². The van der Waals surface area contributed by atoms with Crippen LogP contribution < -0.4 is 0 Å². The fraction of sp³-hybridized carbons (Fsp3) is 0.0667. The molecular weight excluding hydrogens is 252 g/mol. The Morgan fingerprint density at radius 3 is 2.70 bits per heavy atom. The molecule has 0 aliphatic heterocycles. The molecule has 0 saturated heterocycles. The number of imidazole rings is 1. The summed E-state index contributed by atoms with van der Waals surface area (Å²) in [6.45, 7) is 1.54. The van der Waals surface area contributed by atoms with E-state index in [0.29, 0.717) is 11.3 Å². The fourth-order valence-electron chi connectivity index (χ4n) is 2.12. The van der Waals surface area contributed by atoms with Gasteiger partial charge in [0.15, 0.2) is 5.78 Å². The van der Waals surface area contributed by atoms with Crippen LogP contribution in [0.5, 0.6) is 0 Å². The van der Waals surface area contributed by atoms with E-state index < -0.39 is 0 Å². The summed E-state index contributed by atoms with van der Waals surface area (Å²) in [4.78, 5) is 27.6. The van der Waals surface area contributed by atoms with Crippen LogP contribution >= 0.6 is 0 Å². The summed E-state index contributed by atoms with van der Waals surface area (Å²) in [5, 5.41) is 0. The molecule has 0 aliphatic carbocycles. The van der Waals surface area contributed by atoms with E-state index in [2.05, 4.69) is 19.9 Å². The maximum atomic E-state index is 11.9. The number of nitrogens with zero attached hydrogens (tertiary/aromatic N) is 3. The molecule has 0 aliphatic rings. The van der Waals surface area contributed by atoms with Crippen molar-refractivity contribution >= 4 is 5.78 Å². The van der Waals surface area contributed by atoms with Gasteiger partial charge in [0.05, 0.1) is 29.6 Å². The van der Waals surface area contributed by atoms with Crippen molar-refractivity contribution in [2.24, 2.45) is 0 Å².